The molecule has 10 heteroatoms. The van der Waals surface area contributed by atoms with Crippen molar-refractivity contribution in [3.05, 3.63) is 52.3 Å². The lowest BCUT2D eigenvalue weighted by molar-refractivity contribution is 0.282. The predicted molar refractivity (Wildman–Crippen MR) is 137 cm³/mol. The Kier molecular flexibility index (Phi) is 6.69. The van der Waals surface area contributed by atoms with Crippen molar-refractivity contribution in [3.63, 3.8) is 0 Å². The largest absolute Gasteiger partial charge is 0.450 e. The summed E-state index contributed by atoms with van der Waals surface area (Å²) in [5.41, 5.74) is 3.05. The van der Waals surface area contributed by atoms with Gasteiger partial charge in [0.05, 0.1) is 23.8 Å². The number of nitrogens with zero attached hydrogens (tertiary/aromatic N) is 4. The third-order valence-corrected chi connectivity index (χ3v) is 7.82. The van der Waals surface area contributed by atoms with Gasteiger partial charge in [0, 0.05) is 12.1 Å². The summed E-state index contributed by atoms with van der Waals surface area (Å²) < 4.78 is 7.98. The molecular weight excluding hydrogens is 456 g/mol. The molecule has 1 saturated carbocycles. The fourth-order valence-corrected chi connectivity index (χ4v) is 5.75. The van der Waals surface area contributed by atoms with Crippen LogP contribution in [0.3, 0.4) is 0 Å². The van der Waals surface area contributed by atoms with Crippen molar-refractivity contribution in [2.45, 2.75) is 69.4 Å². The van der Waals surface area contributed by atoms with E-state index in [-0.39, 0.29) is 11.7 Å². The summed E-state index contributed by atoms with van der Waals surface area (Å²) in [4.78, 5) is 17.3. The molecule has 2 aliphatic heterocycles. The molecule has 1 aromatic carbocycles. The standard InChI is InChI=1S/C26H34N8O2/c35-26-31-25-24(36-23-8-3-18(14-22(23)30-25)17-9-12-27-13-10-17)16-34(26)21-6-4-19(5-7-21)28-11-1-2-20-15-29-33-32-20/h3,8,14-17,19,21,27-28H,1-2,4-7,9-13H2,(H,29,32,33)(H,30,31,35). The van der Waals surface area contributed by atoms with Crippen molar-refractivity contribution in [2.24, 2.45) is 0 Å². The summed E-state index contributed by atoms with van der Waals surface area (Å²) in [6.45, 7) is 3.07. The number of hydrogen-bond donors (Lipinski definition) is 4. The number of ether oxygens (including phenoxy) is 1. The second-order valence-corrected chi connectivity index (χ2v) is 10.2. The Morgan fingerprint density at radius 2 is 1.94 bits per heavy atom. The van der Waals surface area contributed by atoms with Crippen molar-refractivity contribution in [1.29, 1.82) is 0 Å². The van der Waals surface area contributed by atoms with Gasteiger partial charge in [0.1, 0.15) is 0 Å². The Morgan fingerprint density at radius 1 is 1.08 bits per heavy atom. The molecule has 3 aromatic rings. The van der Waals surface area contributed by atoms with E-state index in [2.05, 4.69) is 48.5 Å². The van der Waals surface area contributed by atoms with Crippen LogP contribution in [0.25, 0.3) is 0 Å². The summed E-state index contributed by atoms with van der Waals surface area (Å²) in [5.74, 6) is 2.46. The van der Waals surface area contributed by atoms with Crippen LogP contribution < -0.4 is 26.4 Å². The van der Waals surface area contributed by atoms with E-state index in [1.54, 1.807) is 10.8 Å². The molecule has 190 valence electrons. The van der Waals surface area contributed by atoms with Gasteiger partial charge in [-0.3, -0.25) is 9.67 Å². The van der Waals surface area contributed by atoms with E-state index in [1.165, 1.54) is 5.56 Å². The molecule has 0 spiro atoms. The number of nitrogens with one attached hydrogen (secondary N) is 4. The fraction of sp³-hybridized carbons (Fsp3) is 0.538. The van der Waals surface area contributed by atoms with Gasteiger partial charge in [-0.1, -0.05) is 11.3 Å². The number of benzene rings is 1. The minimum absolute atomic E-state index is 0.150. The molecule has 1 saturated heterocycles. The first-order chi connectivity index (χ1) is 17.7. The van der Waals surface area contributed by atoms with E-state index in [9.17, 15) is 4.79 Å². The minimum atomic E-state index is -0.215. The van der Waals surface area contributed by atoms with Crippen LogP contribution in [0.5, 0.6) is 11.5 Å². The number of aryl methyl sites for hydroxylation is 1. The molecule has 10 nitrogen and oxygen atoms in total. The molecule has 4 N–H and O–H groups in total. The summed E-state index contributed by atoms with van der Waals surface area (Å²) in [6, 6.07) is 7.00. The molecule has 0 unspecified atom stereocenters. The van der Waals surface area contributed by atoms with E-state index in [1.807, 2.05) is 12.3 Å². The zero-order valence-corrected chi connectivity index (χ0v) is 20.5. The van der Waals surface area contributed by atoms with Crippen LogP contribution >= 0.6 is 0 Å². The smallest absolute Gasteiger partial charge is 0.350 e. The van der Waals surface area contributed by atoms with Crippen LogP contribution in [0.4, 0.5) is 11.5 Å². The second kappa shape index (κ2) is 10.4. The highest BCUT2D eigenvalue weighted by molar-refractivity contribution is 5.73. The molecule has 0 bridgehead atoms. The van der Waals surface area contributed by atoms with Gasteiger partial charge in [0.25, 0.3) is 0 Å². The van der Waals surface area contributed by atoms with E-state index in [4.69, 9.17) is 4.74 Å². The van der Waals surface area contributed by atoms with Crippen LogP contribution in [0.15, 0.2) is 35.4 Å². The highest BCUT2D eigenvalue weighted by Crippen LogP contribution is 2.42. The number of aromatic amines is 1. The summed E-state index contributed by atoms with van der Waals surface area (Å²) >= 11 is 0. The summed E-state index contributed by atoms with van der Waals surface area (Å²) in [5, 5.41) is 20.9. The van der Waals surface area contributed by atoms with E-state index >= 15 is 0 Å². The third kappa shape index (κ3) is 5.01. The number of rotatable bonds is 7. The van der Waals surface area contributed by atoms with Crippen LogP contribution in [0, 0.1) is 0 Å². The SMILES string of the molecule is O=c1nc2c(cn1C1CCC(NCCCc3cnn[nH]3)CC1)Oc1ccc(C3CCNCC3)cc1N2. The molecule has 0 atom stereocenters. The van der Waals surface area contributed by atoms with Crippen LogP contribution in [-0.2, 0) is 6.42 Å². The van der Waals surface area contributed by atoms with Gasteiger partial charge in [0.2, 0.25) is 0 Å². The number of aromatic nitrogens is 5. The molecule has 36 heavy (non-hydrogen) atoms. The first kappa shape index (κ1) is 23.2. The molecule has 1 aliphatic carbocycles. The van der Waals surface area contributed by atoms with Gasteiger partial charge in [-0.15, -0.1) is 5.10 Å². The van der Waals surface area contributed by atoms with Gasteiger partial charge in [0.15, 0.2) is 17.3 Å². The molecule has 2 fully saturated rings. The second-order valence-electron chi connectivity index (χ2n) is 10.2. The molecule has 0 radical (unpaired) electrons. The molecule has 0 amide bonds. The topological polar surface area (TPSA) is 122 Å². The molecule has 6 rings (SSSR count). The maximum Gasteiger partial charge on any atom is 0.350 e. The van der Waals surface area contributed by atoms with Crippen LogP contribution in [-0.4, -0.2) is 50.6 Å². The molecule has 3 aliphatic rings. The van der Waals surface area contributed by atoms with E-state index in [0.717, 1.165) is 88.1 Å². The van der Waals surface area contributed by atoms with Crippen molar-refractivity contribution in [3.8, 4) is 11.5 Å². The Hall–Kier alpha value is -3.24. The lowest BCUT2D eigenvalue weighted by Gasteiger charge is -2.31. The fourth-order valence-electron chi connectivity index (χ4n) is 5.75. The van der Waals surface area contributed by atoms with Gasteiger partial charge in [-0.2, -0.15) is 4.98 Å². The van der Waals surface area contributed by atoms with Crippen molar-refractivity contribution < 1.29 is 4.74 Å². The molecule has 2 aromatic heterocycles. The predicted octanol–water partition coefficient (Wildman–Crippen LogP) is 3.38. The van der Waals surface area contributed by atoms with Crippen molar-refractivity contribution >= 4 is 11.5 Å². The molecular formula is C26H34N8O2. The van der Waals surface area contributed by atoms with Gasteiger partial charge in [-0.25, -0.2) is 4.79 Å². The van der Waals surface area contributed by atoms with Gasteiger partial charge >= 0.3 is 5.69 Å². The number of hydrogen-bond acceptors (Lipinski definition) is 8. The normalized spacial score (nSPS) is 21.8. The summed E-state index contributed by atoms with van der Waals surface area (Å²) in [6.07, 6.45) is 11.9. The Balaban J connectivity index is 1.06. The maximum absolute atomic E-state index is 12.9. The zero-order valence-electron chi connectivity index (χ0n) is 20.5. The van der Waals surface area contributed by atoms with Crippen LogP contribution in [0.2, 0.25) is 0 Å². The highest BCUT2D eigenvalue weighted by atomic mass is 16.5. The van der Waals surface area contributed by atoms with Gasteiger partial charge in [-0.05, 0) is 94.6 Å². The minimum Gasteiger partial charge on any atom is -0.450 e. The Morgan fingerprint density at radius 3 is 2.75 bits per heavy atom. The van der Waals surface area contributed by atoms with E-state index in [0.29, 0.717) is 23.5 Å². The lowest BCUT2D eigenvalue weighted by Crippen LogP contribution is -2.37. The molecule has 4 heterocycles. The summed E-state index contributed by atoms with van der Waals surface area (Å²) in [7, 11) is 0. The zero-order chi connectivity index (χ0) is 24.3. The monoisotopic (exact) mass is 490 g/mol. The number of piperidine rings is 1. The lowest BCUT2D eigenvalue weighted by atomic mass is 9.90. The number of anilines is 2. The van der Waals surface area contributed by atoms with Crippen molar-refractivity contribution in [2.75, 3.05) is 25.0 Å². The first-order valence-electron chi connectivity index (χ1n) is 13.2. The maximum atomic E-state index is 12.9. The highest BCUT2D eigenvalue weighted by Gasteiger charge is 2.27. The average molecular weight is 491 g/mol. The van der Waals surface area contributed by atoms with Crippen molar-refractivity contribution in [1.82, 2.24) is 35.6 Å². The van der Waals surface area contributed by atoms with E-state index < -0.39 is 0 Å². The quantitative estimate of drug-likeness (QED) is 0.291. The first-order valence-corrected chi connectivity index (χ1v) is 13.2. The van der Waals surface area contributed by atoms with Crippen LogP contribution in [0.1, 0.15) is 68.2 Å². The Labute approximate surface area is 210 Å². The number of H-pyrrole nitrogens is 1. The Bertz CT molecular complexity index is 1230. The average Bonchev–Trinajstić information content (AvgIpc) is 3.44. The third-order valence-electron chi connectivity index (χ3n) is 7.82. The number of fused-ring (bicyclic) bond motifs is 2. The van der Waals surface area contributed by atoms with Gasteiger partial charge < -0.3 is 20.7 Å².